The highest BCUT2D eigenvalue weighted by molar-refractivity contribution is 7.91. The van der Waals surface area contributed by atoms with Gasteiger partial charge in [0.25, 0.3) is 5.91 Å². The third kappa shape index (κ3) is 4.08. The average molecular weight is 364 g/mol. The molecule has 0 radical (unpaired) electrons. The Bertz CT molecular complexity index is 832. The number of methoxy groups -OCH3 is 1. The molecular weight excluding hydrogens is 344 g/mol. The van der Waals surface area contributed by atoms with Crippen LogP contribution in [0.1, 0.15) is 17.0 Å². The van der Waals surface area contributed by atoms with Crippen LogP contribution < -0.4 is 0 Å². The third-order valence-electron chi connectivity index (χ3n) is 4.24. The van der Waals surface area contributed by atoms with E-state index in [0.29, 0.717) is 25.3 Å². The molecule has 1 saturated heterocycles. The van der Waals surface area contributed by atoms with E-state index in [1.54, 1.807) is 6.07 Å². The van der Waals surface area contributed by atoms with E-state index in [1.165, 1.54) is 12.0 Å². The van der Waals surface area contributed by atoms with Crippen molar-refractivity contribution >= 4 is 15.7 Å². The lowest BCUT2D eigenvalue weighted by molar-refractivity contribution is 0.0584. The summed E-state index contributed by atoms with van der Waals surface area (Å²) < 4.78 is 33.8. The van der Waals surface area contributed by atoms with Gasteiger partial charge in [-0.05, 0) is 6.42 Å². The SMILES string of the molecule is COCCN(C(=O)c1cc(-c2ccccc2)no1)C1CCS(=O)(=O)C1. The van der Waals surface area contributed by atoms with Gasteiger partial charge in [0.15, 0.2) is 9.84 Å². The quantitative estimate of drug-likeness (QED) is 0.774. The molecule has 1 aliphatic heterocycles. The summed E-state index contributed by atoms with van der Waals surface area (Å²) in [4.78, 5) is 14.4. The first-order chi connectivity index (χ1) is 12.0. The molecule has 1 unspecified atom stereocenters. The zero-order valence-electron chi connectivity index (χ0n) is 13.9. The molecule has 1 aromatic carbocycles. The van der Waals surface area contributed by atoms with Gasteiger partial charge in [-0.25, -0.2) is 8.42 Å². The van der Waals surface area contributed by atoms with Crippen LogP contribution in [0, 0.1) is 0 Å². The number of nitrogens with zero attached hydrogens (tertiary/aromatic N) is 2. The highest BCUT2D eigenvalue weighted by Gasteiger charge is 2.36. The minimum absolute atomic E-state index is 0.0257. The number of sulfone groups is 1. The normalized spacial score (nSPS) is 19.0. The lowest BCUT2D eigenvalue weighted by Gasteiger charge is -2.26. The van der Waals surface area contributed by atoms with E-state index in [1.807, 2.05) is 30.3 Å². The maximum atomic E-state index is 12.8. The van der Waals surface area contributed by atoms with E-state index in [4.69, 9.17) is 9.26 Å². The zero-order valence-corrected chi connectivity index (χ0v) is 14.7. The Labute approximate surface area is 146 Å². The number of carbonyl (C=O) groups is 1. The molecule has 0 aliphatic carbocycles. The van der Waals surface area contributed by atoms with Crippen molar-refractivity contribution in [3.05, 3.63) is 42.2 Å². The predicted molar refractivity (Wildman–Crippen MR) is 91.9 cm³/mol. The number of aromatic nitrogens is 1. The molecule has 1 aromatic heterocycles. The molecule has 0 N–H and O–H groups in total. The monoisotopic (exact) mass is 364 g/mol. The van der Waals surface area contributed by atoms with Crippen LogP contribution in [-0.2, 0) is 14.6 Å². The number of carbonyl (C=O) groups excluding carboxylic acids is 1. The van der Waals surface area contributed by atoms with E-state index in [2.05, 4.69) is 5.16 Å². The number of amides is 1. The Morgan fingerprint density at radius 2 is 2.12 bits per heavy atom. The Kier molecular flexibility index (Phi) is 5.19. The molecule has 7 nitrogen and oxygen atoms in total. The fraction of sp³-hybridized carbons (Fsp3) is 0.412. The summed E-state index contributed by atoms with van der Waals surface area (Å²) >= 11 is 0. The number of hydrogen-bond acceptors (Lipinski definition) is 6. The first-order valence-electron chi connectivity index (χ1n) is 8.02. The van der Waals surface area contributed by atoms with E-state index < -0.39 is 9.84 Å². The highest BCUT2D eigenvalue weighted by atomic mass is 32.2. The van der Waals surface area contributed by atoms with Crippen LogP contribution in [0.15, 0.2) is 40.9 Å². The van der Waals surface area contributed by atoms with Crippen molar-refractivity contribution in [2.45, 2.75) is 12.5 Å². The Morgan fingerprint density at radius 1 is 1.36 bits per heavy atom. The van der Waals surface area contributed by atoms with Crippen molar-refractivity contribution in [3.63, 3.8) is 0 Å². The molecule has 1 aliphatic rings. The van der Waals surface area contributed by atoms with Crippen molar-refractivity contribution in [2.75, 3.05) is 31.8 Å². The summed E-state index contributed by atoms with van der Waals surface area (Å²) in [6, 6.07) is 10.6. The zero-order chi connectivity index (χ0) is 17.9. The molecule has 2 aromatic rings. The minimum Gasteiger partial charge on any atom is -0.383 e. The Hall–Kier alpha value is -2.19. The van der Waals surface area contributed by atoms with Crippen molar-refractivity contribution in [2.24, 2.45) is 0 Å². The molecule has 0 saturated carbocycles. The van der Waals surface area contributed by atoms with Gasteiger partial charge in [-0.1, -0.05) is 35.5 Å². The van der Waals surface area contributed by atoms with Crippen LogP contribution in [-0.4, -0.2) is 62.2 Å². The summed E-state index contributed by atoms with van der Waals surface area (Å²) in [5.74, 6) is -0.199. The van der Waals surface area contributed by atoms with Crippen LogP contribution >= 0.6 is 0 Å². The number of benzene rings is 1. The molecule has 0 bridgehead atoms. The van der Waals surface area contributed by atoms with Crippen molar-refractivity contribution < 1.29 is 22.5 Å². The lowest BCUT2D eigenvalue weighted by Crippen LogP contribution is -2.43. The van der Waals surface area contributed by atoms with E-state index in [0.717, 1.165) is 5.56 Å². The highest BCUT2D eigenvalue weighted by Crippen LogP contribution is 2.23. The first kappa shape index (κ1) is 17.6. The molecule has 2 heterocycles. The lowest BCUT2D eigenvalue weighted by atomic mass is 10.1. The van der Waals surface area contributed by atoms with Gasteiger partial charge in [-0.2, -0.15) is 0 Å². The first-order valence-corrected chi connectivity index (χ1v) is 9.85. The van der Waals surface area contributed by atoms with Gasteiger partial charge < -0.3 is 14.2 Å². The maximum absolute atomic E-state index is 12.8. The van der Waals surface area contributed by atoms with E-state index in [9.17, 15) is 13.2 Å². The van der Waals surface area contributed by atoms with Gasteiger partial charge >= 0.3 is 0 Å². The summed E-state index contributed by atoms with van der Waals surface area (Å²) in [6.45, 7) is 0.624. The summed E-state index contributed by atoms with van der Waals surface area (Å²) in [7, 11) is -1.56. The molecule has 1 fully saturated rings. The fourth-order valence-corrected chi connectivity index (χ4v) is 4.65. The summed E-state index contributed by atoms with van der Waals surface area (Å²) in [5.41, 5.74) is 1.41. The molecule has 25 heavy (non-hydrogen) atoms. The van der Waals surface area contributed by atoms with Gasteiger partial charge in [0.05, 0.1) is 18.1 Å². The van der Waals surface area contributed by atoms with Crippen LogP contribution in [0.5, 0.6) is 0 Å². The smallest absolute Gasteiger partial charge is 0.292 e. The summed E-state index contributed by atoms with van der Waals surface area (Å²) in [5, 5.41) is 3.95. The number of hydrogen-bond donors (Lipinski definition) is 0. The Morgan fingerprint density at radius 3 is 2.76 bits per heavy atom. The standard InChI is InChI=1S/C17H20N2O5S/c1-23-9-8-19(14-7-10-25(21,22)12-14)17(20)16-11-15(18-24-16)13-5-3-2-4-6-13/h2-6,11,14H,7-10,12H2,1H3. The molecule has 0 spiro atoms. The predicted octanol–water partition coefficient (Wildman–Crippen LogP) is 1.62. The average Bonchev–Trinajstić information content (AvgIpc) is 3.23. The van der Waals surface area contributed by atoms with Crippen molar-refractivity contribution in [1.82, 2.24) is 10.1 Å². The molecule has 3 rings (SSSR count). The second-order valence-electron chi connectivity index (χ2n) is 5.99. The largest absolute Gasteiger partial charge is 0.383 e. The Balaban J connectivity index is 1.81. The van der Waals surface area contributed by atoms with Crippen molar-refractivity contribution in [3.8, 4) is 11.3 Å². The number of ether oxygens (including phenoxy) is 1. The number of rotatable bonds is 6. The second kappa shape index (κ2) is 7.37. The third-order valence-corrected chi connectivity index (χ3v) is 5.99. The molecule has 1 amide bonds. The van der Waals surface area contributed by atoms with Crippen molar-refractivity contribution in [1.29, 1.82) is 0 Å². The molecular formula is C17H20N2O5S. The van der Waals surface area contributed by atoms with Crippen LogP contribution in [0.25, 0.3) is 11.3 Å². The van der Waals surface area contributed by atoms with Gasteiger partial charge in [0, 0.05) is 31.3 Å². The van der Waals surface area contributed by atoms with Crippen LogP contribution in [0.2, 0.25) is 0 Å². The molecule has 1 atom stereocenters. The van der Waals surface area contributed by atoms with Gasteiger partial charge in [0.1, 0.15) is 5.69 Å². The van der Waals surface area contributed by atoms with E-state index >= 15 is 0 Å². The molecule has 8 heteroatoms. The summed E-state index contributed by atoms with van der Waals surface area (Å²) in [6.07, 6.45) is 0.428. The minimum atomic E-state index is -3.10. The fourth-order valence-electron chi connectivity index (χ4n) is 2.92. The van der Waals surface area contributed by atoms with Gasteiger partial charge in [-0.3, -0.25) is 4.79 Å². The second-order valence-corrected chi connectivity index (χ2v) is 8.22. The maximum Gasteiger partial charge on any atom is 0.292 e. The topological polar surface area (TPSA) is 89.7 Å². The van der Waals surface area contributed by atoms with Crippen LogP contribution in [0.3, 0.4) is 0 Å². The van der Waals surface area contributed by atoms with Gasteiger partial charge in [-0.15, -0.1) is 0 Å². The molecule has 134 valence electrons. The van der Waals surface area contributed by atoms with Crippen LogP contribution in [0.4, 0.5) is 0 Å². The van der Waals surface area contributed by atoms with Gasteiger partial charge in [0.2, 0.25) is 5.76 Å². The van der Waals surface area contributed by atoms with E-state index in [-0.39, 0.29) is 29.2 Å².